The molecule has 0 bridgehead atoms. The minimum atomic E-state index is -0.219. The van der Waals surface area contributed by atoms with E-state index in [4.69, 9.17) is 0 Å². The van der Waals surface area contributed by atoms with Crippen molar-refractivity contribution in [1.82, 2.24) is 9.97 Å². The minimum Gasteiger partial charge on any atom is -0.505 e. The van der Waals surface area contributed by atoms with Gasteiger partial charge in [-0.2, -0.15) is 0 Å². The lowest BCUT2D eigenvalue weighted by Crippen LogP contribution is -1.97. The number of nitrogens with zero attached hydrogens (tertiary/aromatic N) is 2. The third-order valence-electron chi connectivity index (χ3n) is 3.11. The number of aromatic hydroxyl groups is 1. The number of aliphatic hydroxyl groups is 1. The van der Waals surface area contributed by atoms with Gasteiger partial charge in [0.15, 0.2) is 11.6 Å². The number of benzene rings is 1. The van der Waals surface area contributed by atoms with Crippen molar-refractivity contribution in [1.29, 1.82) is 0 Å². The molecule has 0 saturated heterocycles. The van der Waals surface area contributed by atoms with E-state index in [-0.39, 0.29) is 11.9 Å². The second kappa shape index (κ2) is 7.55. The molecular formula is C17H20N2O2. The van der Waals surface area contributed by atoms with E-state index in [1.54, 1.807) is 0 Å². The maximum Gasteiger partial charge on any atom is 0.159 e. The van der Waals surface area contributed by atoms with Crippen LogP contribution in [-0.4, -0.2) is 26.3 Å². The predicted molar refractivity (Wildman–Crippen MR) is 83.7 cm³/mol. The Labute approximate surface area is 124 Å². The molecular weight excluding hydrogens is 264 g/mol. The number of rotatable bonds is 6. The average Bonchev–Trinajstić information content (AvgIpc) is 2.48. The van der Waals surface area contributed by atoms with Crippen LogP contribution in [0.15, 0.2) is 42.7 Å². The molecule has 0 aliphatic carbocycles. The number of hydrogen-bond donors (Lipinski definition) is 2. The quantitative estimate of drug-likeness (QED) is 0.798. The molecule has 0 aliphatic heterocycles. The fraction of sp³-hybridized carbons (Fsp3) is 0.294. The summed E-state index contributed by atoms with van der Waals surface area (Å²) in [7, 11) is 0. The van der Waals surface area contributed by atoms with Gasteiger partial charge in [0, 0.05) is 5.56 Å². The van der Waals surface area contributed by atoms with Crippen LogP contribution in [0.1, 0.15) is 31.7 Å². The van der Waals surface area contributed by atoms with Crippen LogP contribution in [-0.2, 0) is 0 Å². The van der Waals surface area contributed by atoms with Crippen molar-refractivity contribution in [2.45, 2.75) is 32.3 Å². The molecule has 1 aromatic carbocycles. The summed E-state index contributed by atoms with van der Waals surface area (Å²) in [6.45, 7) is 1.81. The molecule has 1 atom stereocenters. The standard InChI is InChI=1S/C17H20N2O2/c1-13(20)5-3-2-4-6-14-7-9-15(10-8-14)17-18-11-16(21)12-19-17/h4,6-13,20-21H,2-3,5H2,1H3. The molecule has 0 aliphatic rings. The van der Waals surface area contributed by atoms with Gasteiger partial charge in [0.1, 0.15) is 0 Å². The van der Waals surface area contributed by atoms with Crippen LogP contribution in [0.2, 0.25) is 0 Å². The van der Waals surface area contributed by atoms with Gasteiger partial charge in [-0.05, 0) is 31.7 Å². The van der Waals surface area contributed by atoms with Crippen LogP contribution >= 0.6 is 0 Å². The van der Waals surface area contributed by atoms with Crippen molar-refractivity contribution in [2.24, 2.45) is 0 Å². The molecule has 0 saturated carbocycles. The molecule has 0 spiro atoms. The molecule has 1 heterocycles. The van der Waals surface area contributed by atoms with E-state index >= 15 is 0 Å². The van der Waals surface area contributed by atoms with Gasteiger partial charge >= 0.3 is 0 Å². The van der Waals surface area contributed by atoms with Crippen LogP contribution in [0, 0.1) is 0 Å². The van der Waals surface area contributed by atoms with E-state index in [0.29, 0.717) is 5.82 Å². The second-order valence-corrected chi connectivity index (χ2v) is 5.07. The fourth-order valence-corrected chi connectivity index (χ4v) is 1.96. The molecule has 4 heteroatoms. The summed E-state index contributed by atoms with van der Waals surface area (Å²) in [4.78, 5) is 8.16. The molecule has 0 amide bonds. The highest BCUT2D eigenvalue weighted by Crippen LogP contribution is 2.17. The van der Waals surface area contributed by atoms with Gasteiger partial charge in [0.2, 0.25) is 0 Å². The maximum atomic E-state index is 9.17. The van der Waals surface area contributed by atoms with Crippen LogP contribution in [0.5, 0.6) is 5.75 Å². The lowest BCUT2D eigenvalue weighted by atomic mass is 10.1. The molecule has 0 radical (unpaired) electrons. The van der Waals surface area contributed by atoms with Gasteiger partial charge in [0.05, 0.1) is 18.5 Å². The SMILES string of the molecule is CC(O)CCCC=Cc1ccc(-c2ncc(O)cn2)cc1. The van der Waals surface area contributed by atoms with Crippen LogP contribution in [0.3, 0.4) is 0 Å². The number of hydrogen-bond acceptors (Lipinski definition) is 4. The summed E-state index contributed by atoms with van der Waals surface area (Å²) in [5, 5.41) is 18.3. The Kier molecular flexibility index (Phi) is 5.46. The summed E-state index contributed by atoms with van der Waals surface area (Å²) in [6, 6.07) is 7.94. The number of aliphatic hydroxyl groups excluding tert-OH is 1. The van der Waals surface area contributed by atoms with Gasteiger partial charge in [0.25, 0.3) is 0 Å². The van der Waals surface area contributed by atoms with Crippen molar-refractivity contribution in [3.05, 3.63) is 48.3 Å². The number of aromatic nitrogens is 2. The fourth-order valence-electron chi connectivity index (χ4n) is 1.96. The van der Waals surface area contributed by atoms with Gasteiger partial charge in [-0.3, -0.25) is 0 Å². The number of unbranched alkanes of at least 4 members (excludes halogenated alkanes) is 1. The Morgan fingerprint density at radius 3 is 2.43 bits per heavy atom. The highest BCUT2D eigenvalue weighted by molar-refractivity contribution is 5.59. The zero-order chi connectivity index (χ0) is 15.1. The summed E-state index contributed by atoms with van der Waals surface area (Å²) in [5.41, 5.74) is 2.04. The Hall–Kier alpha value is -2.20. The molecule has 21 heavy (non-hydrogen) atoms. The van der Waals surface area contributed by atoms with Crippen molar-refractivity contribution in [2.75, 3.05) is 0 Å². The Balaban J connectivity index is 1.92. The molecule has 0 fully saturated rings. The largest absolute Gasteiger partial charge is 0.505 e. The molecule has 1 unspecified atom stereocenters. The first-order chi connectivity index (χ1) is 10.1. The molecule has 2 rings (SSSR count). The monoisotopic (exact) mass is 284 g/mol. The van der Waals surface area contributed by atoms with Crippen molar-refractivity contribution in [3.63, 3.8) is 0 Å². The summed E-state index contributed by atoms with van der Waals surface area (Å²) < 4.78 is 0. The minimum absolute atomic E-state index is 0.0653. The Bertz CT molecular complexity index is 575. The highest BCUT2D eigenvalue weighted by atomic mass is 16.3. The lowest BCUT2D eigenvalue weighted by molar-refractivity contribution is 0.182. The maximum absolute atomic E-state index is 9.17. The first-order valence-corrected chi connectivity index (χ1v) is 7.11. The van der Waals surface area contributed by atoms with Crippen LogP contribution in [0.25, 0.3) is 17.5 Å². The third kappa shape index (κ3) is 5.00. The Morgan fingerprint density at radius 2 is 1.81 bits per heavy atom. The Morgan fingerprint density at radius 1 is 1.14 bits per heavy atom. The first kappa shape index (κ1) is 15.2. The van der Waals surface area contributed by atoms with Gasteiger partial charge in [-0.1, -0.05) is 36.4 Å². The number of allylic oxidation sites excluding steroid dienone is 1. The van der Waals surface area contributed by atoms with Crippen LogP contribution < -0.4 is 0 Å². The van der Waals surface area contributed by atoms with Crippen molar-refractivity contribution in [3.8, 4) is 17.1 Å². The van der Waals surface area contributed by atoms with Gasteiger partial charge < -0.3 is 10.2 Å². The molecule has 2 aromatic rings. The predicted octanol–water partition coefficient (Wildman–Crippen LogP) is 3.41. The highest BCUT2D eigenvalue weighted by Gasteiger charge is 2.00. The molecule has 2 N–H and O–H groups in total. The van der Waals surface area contributed by atoms with E-state index in [1.165, 1.54) is 12.4 Å². The molecule has 1 aromatic heterocycles. The lowest BCUT2D eigenvalue weighted by Gasteiger charge is -2.01. The average molecular weight is 284 g/mol. The van der Waals surface area contributed by atoms with E-state index in [0.717, 1.165) is 30.4 Å². The van der Waals surface area contributed by atoms with Gasteiger partial charge in [-0.25, -0.2) is 9.97 Å². The topological polar surface area (TPSA) is 66.2 Å². The van der Waals surface area contributed by atoms with E-state index < -0.39 is 0 Å². The van der Waals surface area contributed by atoms with Gasteiger partial charge in [-0.15, -0.1) is 0 Å². The third-order valence-corrected chi connectivity index (χ3v) is 3.11. The smallest absolute Gasteiger partial charge is 0.159 e. The normalized spacial score (nSPS) is 12.7. The van der Waals surface area contributed by atoms with E-state index in [2.05, 4.69) is 22.1 Å². The van der Waals surface area contributed by atoms with Crippen molar-refractivity contribution >= 4 is 6.08 Å². The molecule has 4 nitrogen and oxygen atoms in total. The van der Waals surface area contributed by atoms with Crippen molar-refractivity contribution < 1.29 is 10.2 Å². The zero-order valence-corrected chi connectivity index (χ0v) is 12.1. The zero-order valence-electron chi connectivity index (χ0n) is 12.1. The second-order valence-electron chi connectivity index (χ2n) is 5.07. The summed E-state index contributed by atoms with van der Waals surface area (Å²) in [6.07, 6.45) is 9.54. The van der Waals surface area contributed by atoms with Crippen LogP contribution in [0.4, 0.5) is 0 Å². The summed E-state index contributed by atoms with van der Waals surface area (Å²) >= 11 is 0. The van der Waals surface area contributed by atoms with E-state index in [1.807, 2.05) is 31.2 Å². The summed E-state index contributed by atoms with van der Waals surface area (Å²) in [5.74, 6) is 0.663. The van der Waals surface area contributed by atoms with E-state index in [9.17, 15) is 10.2 Å². The molecule has 110 valence electrons. The first-order valence-electron chi connectivity index (χ1n) is 7.11.